The first-order valence-electron chi connectivity index (χ1n) is 14.0. The van der Waals surface area contributed by atoms with Crippen LogP contribution in [0, 0.1) is 11.3 Å². The van der Waals surface area contributed by atoms with E-state index < -0.39 is 0 Å². The maximum atomic E-state index is 10.3. The number of imidazole rings is 2. The van der Waals surface area contributed by atoms with Crippen LogP contribution >= 0.6 is 0 Å². The molecule has 0 amide bonds. The van der Waals surface area contributed by atoms with Crippen LogP contribution in [0.25, 0.3) is 72.4 Å². The molecule has 7 heteroatoms. The maximum Gasteiger partial charge on any atom is 0.220 e. The molecule has 9 aromatic rings. The third-order valence-corrected chi connectivity index (χ3v) is 8.20. The molecule has 0 atom stereocenters. The van der Waals surface area contributed by atoms with E-state index in [1.165, 1.54) is 0 Å². The van der Waals surface area contributed by atoms with Gasteiger partial charge in [-0.05, 0) is 72.8 Å². The molecule has 0 saturated carbocycles. The summed E-state index contributed by atoms with van der Waals surface area (Å²) in [6.45, 7) is 0. The van der Waals surface area contributed by atoms with Crippen LogP contribution in [0.2, 0.25) is 0 Å². The number of fused-ring (bicyclic) bond motifs is 8. The zero-order valence-corrected chi connectivity index (χ0v) is 22.8. The second kappa shape index (κ2) is 8.87. The first-order valence-corrected chi connectivity index (χ1v) is 14.0. The Balaban J connectivity index is 1.35. The quantitative estimate of drug-likeness (QED) is 0.224. The molecule has 4 aromatic carbocycles. The third kappa shape index (κ3) is 3.26. The highest BCUT2D eigenvalue weighted by Gasteiger charge is 2.21. The SMILES string of the molecule is N#Cc1ccc(-n2c3cccnc3c3cccnc32)cc1-c1ccccc1-n1c2ccccc2n2c3ccccc3nc12. The number of hydrogen-bond donors (Lipinski definition) is 0. The molecule has 0 aliphatic rings. The third-order valence-electron chi connectivity index (χ3n) is 8.20. The van der Waals surface area contributed by atoms with Gasteiger partial charge in [0.2, 0.25) is 5.78 Å². The lowest BCUT2D eigenvalue weighted by Gasteiger charge is -2.15. The Morgan fingerprint density at radius 1 is 0.605 bits per heavy atom. The molecular formula is C36H21N7. The monoisotopic (exact) mass is 551 g/mol. The van der Waals surface area contributed by atoms with Gasteiger partial charge in [-0.3, -0.25) is 18.5 Å². The van der Waals surface area contributed by atoms with Gasteiger partial charge in [-0.1, -0.05) is 42.5 Å². The van der Waals surface area contributed by atoms with Crippen LogP contribution in [0.1, 0.15) is 5.56 Å². The van der Waals surface area contributed by atoms with Crippen molar-refractivity contribution in [2.24, 2.45) is 0 Å². The minimum Gasteiger partial charge on any atom is -0.292 e. The van der Waals surface area contributed by atoms with E-state index in [1.54, 1.807) is 12.4 Å². The fourth-order valence-electron chi connectivity index (χ4n) is 6.40. The lowest BCUT2D eigenvalue weighted by atomic mass is 9.97. The minimum atomic E-state index is 0.587. The zero-order valence-electron chi connectivity index (χ0n) is 22.8. The fraction of sp³-hybridized carbons (Fsp3) is 0. The smallest absolute Gasteiger partial charge is 0.220 e. The minimum absolute atomic E-state index is 0.587. The van der Waals surface area contributed by atoms with Crippen molar-refractivity contribution in [2.75, 3.05) is 0 Å². The van der Waals surface area contributed by atoms with Gasteiger partial charge in [-0.2, -0.15) is 5.26 Å². The highest BCUT2D eigenvalue weighted by molar-refractivity contribution is 6.05. The predicted octanol–water partition coefficient (Wildman–Crippen LogP) is 7.86. The molecule has 0 unspecified atom stereocenters. The number of aromatic nitrogens is 6. The van der Waals surface area contributed by atoms with Crippen molar-refractivity contribution in [2.45, 2.75) is 0 Å². The molecular weight excluding hydrogens is 530 g/mol. The van der Waals surface area contributed by atoms with E-state index in [1.807, 2.05) is 66.7 Å². The van der Waals surface area contributed by atoms with E-state index in [-0.39, 0.29) is 0 Å². The highest BCUT2D eigenvalue weighted by Crippen LogP contribution is 2.37. The first kappa shape index (κ1) is 23.4. The molecule has 5 aromatic heterocycles. The molecule has 7 nitrogen and oxygen atoms in total. The highest BCUT2D eigenvalue weighted by atomic mass is 15.2. The Morgan fingerprint density at radius 3 is 2.26 bits per heavy atom. The van der Waals surface area contributed by atoms with Gasteiger partial charge in [0.05, 0.1) is 50.4 Å². The Morgan fingerprint density at radius 2 is 1.35 bits per heavy atom. The van der Waals surface area contributed by atoms with Crippen molar-refractivity contribution >= 4 is 49.9 Å². The van der Waals surface area contributed by atoms with Crippen LogP contribution < -0.4 is 0 Å². The zero-order chi connectivity index (χ0) is 28.5. The number of benzene rings is 4. The predicted molar refractivity (Wildman–Crippen MR) is 170 cm³/mol. The number of rotatable bonds is 3. The van der Waals surface area contributed by atoms with Gasteiger partial charge in [0.25, 0.3) is 0 Å². The summed E-state index contributed by atoms with van der Waals surface area (Å²) in [5.74, 6) is 0.821. The number of hydrogen-bond acceptors (Lipinski definition) is 4. The van der Waals surface area contributed by atoms with Crippen LogP contribution in [0.3, 0.4) is 0 Å². The van der Waals surface area contributed by atoms with E-state index in [4.69, 9.17) is 9.97 Å². The molecule has 5 heterocycles. The van der Waals surface area contributed by atoms with Gasteiger partial charge in [0.15, 0.2) is 0 Å². The molecule has 0 spiro atoms. The molecule has 0 aliphatic carbocycles. The Bertz CT molecular complexity index is 2540. The van der Waals surface area contributed by atoms with Gasteiger partial charge >= 0.3 is 0 Å². The average Bonchev–Trinajstić information content (AvgIpc) is 3.71. The van der Waals surface area contributed by atoms with E-state index >= 15 is 0 Å². The number of para-hydroxylation sites is 5. The summed E-state index contributed by atoms with van der Waals surface area (Å²) in [4.78, 5) is 14.5. The average molecular weight is 552 g/mol. The summed E-state index contributed by atoms with van der Waals surface area (Å²) in [7, 11) is 0. The van der Waals surface area contributed by atoms with Crippen LogP contribution in [-0.4, -0.2) is 28.5 Å². The van der Waals surface area contributed by atoms with Gasteiger partial charge in [-0.25, -0.2) is 9.97 Å². The van der Waals surface area contributed by atoms with E-state index in [0.717, 1.165) is 72.4 Å². The van der Waals surface area contributed by atoms with Crippen LogP contribution in [0.15, 0.2) is 128 Å². The number of nitriles is 1. The standard InChI is InChI=1S/C36H21N7/c37-22-23-17-18-24(41-33-16-8-19-38-34(33)26-10-7-20-39-35(26)41)21-27(23)25-9-1-3-12-29(25)42-31-14-5-6-15-32(31)43-30-13-4-2-11-28(30)40-36(42)43/h1-21H. The summed E-state index contributed by atoms with van der Waals surface area (Å²) >= 11 is 0. The molecule has 0 radical (unpaired) electrons. The van der Waals surface area contributed by atoms with E-state index in [9.17, 15) is 5.26 Å². The normalized spacial score (nSPS) is 11.7. The number of nitrogens with zero attached hydrogens (tertiary/aromatic N) is 7. The van der Waals surface area contributed by atoms with Crippen molar-refractivity contribution in [3.05, 3.63) is 133 Å². The van der Waals surface area contributed by atoms with Gasteiger partial charge in [-0.15, -0.1) is 0 Å². The summed E-state index contributed by atoms with van der Waals surface area (Å²) in [5, 5.41) is 11.3. The number of pyridine rings is 2. The topological polar surface area (TPSA) is 76.7 Å². The summed E-state index contributed by atoms with van der Waals surface area (Å²) in [5.41, 5.74) is 11.0. The molecule has 200 valence electrons. The molecule has 9 rings (SSSR count). The van der Waals surface area contributed by atoms with Crippen LogP contribution in [0.5, 0.6) is 0 Å². The second-order valence-corrected chi connectivity index (χ2v) is 10.5. The molecule has 0 N–H and O–H groups in total. The second-order valence-electron chi connectivity index (χ2n) is 10.5. The lowest BCUT2D eigenvalue weighted by molar-refractivity contribution is 1.11. The van der Waals surface area contributed by atoms with Crippen molar-refractivity contribution in [3.63, 3.8) is 0 Å². The maximum absolute atomic E-state index is 10.3. The van der Waals surface area contributed by atoms with E-state index in [2.05, 4.69) is 73.1 Å². The first-order chi connectivity index (χ1) is 21.3. The Kier molecular flexibility index (Phi) is 4.84. The van der Waals surface area contributed by atoms with Crippen LogP contribution in [-0.2, 0) is 0 Å². The lowest BCUT2D eigenvalue weighted by Crippen LogP contribution is -2.01. The largest absolute Gasteiger partial charge is 0.292 e. The molecule has 0 aliphatic heterocycles. The Labute approximate surface area is 245 Å². The van der Waals surface area contributed by atoms with Crippen molar-refractivity contribution in [1.29, 1.82) is 5.26 Å². The molecule has 43 heavy (non-hydrogen) atoms. The van der Waals surface area contributed by atoms with Crippen molar-refractivity contribution in [1.82, 2.24) is 28.5 Å². The molecule has 0 saturated heterocycles. The van der Waals surface area contributed by atoms with Crippen molar-refractivity contribution in [3.8, 4) is 28.6 Å². The molecule has 0 fully saturated rings. The van der Waals surface area contributed by atoms with Gasteiger partial charge < -0.3 is 0 Å². The van der Waals surface area contributed by atoms with Gasteiger partial charge in [0, 0.05) is 34.6 Å². The molecule has 0 bridgehead atoms. The Hall–Kier alpha value is -6.26. The van der Waals surface area contributed by atoms with E-state index in [0.29, 0.717) is 5.56 Å². The van der Waals surface area contributed by atoms with Gasteiger partial charge in [0.1, 0.15) is 5.65 Å². The fourth-order valence-corrected chi connectivity index (χ4v) is 6.40. The summed E-state index contributed by atoms with van der Waals surface area (Å²) in [6, 6.07) is 41.2. The van der Waals surface area contributed by atoms with Crippen LogP contribution in [0.4, 0.5) is 0 Å². The van der Waals surface area contributed by atoms with Crippen molar-refractivity contribution < 1.29 is 0 Å². The summed E-state index contributed by atoms with van der Waals surface area (Å²) in [6.07, 6.45) is 3.61. The summed E-state index contributed by atoms with van der Waals surface area (Å²) < 4.78 is 6.53.